The van der Waals surface area contributed by atoms with Gasteiger partial charge in [0.05, 0.1) is 0 Å². The summed E-state index contributed by atoms with van der Waals surface area (Å²) in [6, 6.07) is 1.87. The van der Waals surface area contributed by atoms with Crippen LogP contribution in [0.4, 0.5) is 0 Å². The lowest BCUT2D eigenvalue weighted by Gasteiger charge is -2.37. The topological polar surface area (TPSA) is 32.3 Å². The predicted octanol–water partition coefficient (Wildman–Crippen LogP) is 2.70. The Morgan fingerprint density at radius 1 is 1.11 bits per heavy atom. The Morgan fingerprint density at radius 2 is 1.74 bits per heavy atom. The number of piperidine rings is 1. The standard InChI is InChI=1S/C16H28N2O/c1-2-18(16(19)9-12-5-3-4-6-12)15-10-13-7-8-14(11-15)17-13/h12-15,17H,2-11H2,1H3. The second kappa shape index (κ2) is 5.82. The van der Waals surface area contributed by atoms with Gasteiger partial charge in [0.25, 0.3) is 0 Å². The van der Waals surface area contributed by atoms with Gasteiger partial charge in [-0.25, -0.2) is 0 Å². The van der Waals surface area contributed by atoms with Crippen molar-refractivity contribution < 1.29 is 4.79 Å². The van der Waals surface area contributed by atoms with Crippen molar-refractivity contribution in [1.29, 1.82) is 0 Å². The van der Waals surface area contributed by atoms with Gasteiger partial charge in [-0.1, -0.05) is 12.8 Å². The minimum absolute atomic E-state index is 0.431. The van der Waals surface area contributed by atoms with Crippen LogP contribution in [0.15, 0.2) is 0 Å². The van der Waals surface area contributed by atoms with Crippen LogP contribution in [0.3, 0.4) is 0 Å². The highest BCUT2D eigenvalue weighted by Gasteiger charge is 2.37. The number of nitrogens with one attached hydrogen (secondary N) is 1. The van der Waals surface area contributed by atoms with E-state index in [1.165, 1.54) is 51.4 Å². The van der Waals surface area contributed by atoms with E-state index < -0.39 is 0 Å². The number of nitrogens with zero attached hydrogens (tertiary/aromatic N) is 1. The molecule has 2 aliphatic heterocycles. The quantitative estimate of drug-likeness (QED) is 0.846. The lowest BCUT2D eigenvalue weighted by Crippen LogP contribution is -2.50. The van der Waals surface area contributed by atoms with Crippen molar-refractivity contribution in [3.63, 3.8) is 0 Å². The van der Waals surface area contributed by atoms with E-state index >= 15 is 0 Å². The second-order valence-corrected chi connectivity index (χ2v) is 6.80. The van der Waals surface area contributed by atoms with Crippen LogP contribution >= 0.6 is 0 Å². The Hall–Kier alpha value is -0.570. The third-order valence-corrected chi connectivity index (χ3v) is 5.49. The van der Waals surface area contributed by atoms with Crippen molar-refractivity contribution in [2.75, 3.05) is 6.54 Å². The Labute approximate surface area is 117 Å². The van der Waals surface area contributed by atoms with Crippen LogP contribution < -0.4 is 5.32 Å². The van der Waals surface area contributed by atoms with Gasteiger partial charge in [-0.3, -0.25) is 4.79 Å². The molecule has 3 heteroatoms. The Morgan fingerprint density at radius 3 is 2.32 bits per heavy atom. The summed E-state index contributed by atoms with van der Waals surface area (Å²) in [6.45, 7) is 3.05. The molecule has 3 rings (SSSR count). The molecule has 1 amide bonds. The summed E-state index contributed by atoms with van der Waals surface area (Å²) in [5, 5.41) is 3.67. The largest absolute Gasteiger partial charge is 0.340 e. The molecule has 3 fully saturated rings. The smallest absolute Gasteiger partial charge is 0.223 e. The molecule has 0 aromatic heterocycles. The molecule has 0 spiro atoms. The average molecular weight is 264 g/mol. The Bertz CT molecular complexity index is 313. The highest BCUT2D eigenvalue weighted by Crippen LogP contribution is 2.32. The van der Waals surface area contributed by atoms with Gasteiger partial charge in [-0.15, -0.1) is 0 Å². The van der Waals surface area contributed by atoms with E-state index in [0.717, 1.165) is 13.0 Å². The van der Waals surface area contributed by atoms with Crippen LogP contribution in [0.5, 0.6) is 0 Å². The molecule has 0 aromatic rings. The zero-order chi connectivity index (χ0) is 13.2. The third-order valence-electron chi connectivity index (χ3n) is 5.49. The van der Waals surface area contributed by atoms with Crippen molar-refractivity contribution in [2.45, 2.75) is 82.8 Å². The molecule has 2 saturated heterocycles. The number of amides is 1. The first-order valence-electron chi connectivity index (χ1n) is 8.31. The Balaban J connectivity index is 1.58. The molecule has 2 bridgehead atoms. The maximum absolute atomic E-state index is 12.6. The number of hydrogen-bond acceptors (Lipinski definition) is 2. The molecule has 0 aromatic carbocycles. The first kappa shape index (κ1) is 13.4. The number of fused-ring (bicyclic) bond motifs is 2. The first-order valence-corrected chi connectivity index (χ1v) is 8.31. The van der Waals surface area contributed by atoms with Crippen LogP contribution in [-0.2, 0) is 4.79 Å². The normalized spacial score (nSPS) is 34.7. The van der Waals surface area contributed by atoms with Crippen molar-refractivity contribution in [2.24, 2.45) is 5.92 Å². The fourth-order valence-corrected chi connectivity index (χ4v) is 4.50. The minimum atomic E-state index is 0.431. The molecule has 1 aliphatic carbocycles. The van der Waals surface area contributed by atoms with Crippen LogP contribution in [-0.4, -0.2) is 35.5 Å². The van der Waals surface area contributed by atoms with Gasteiger partial charge in [-0.2, -0.15) is 0 Å². The summed E-state index contributed by atoms with van der Waals surface area (Å²) in [6.07, 6.45) is 11.0. The molecule has 1 N–H and O–H groups in total. The number of carbonyl (C=O) groups excluding carboxylic acids is 1. The fraction of sp³-hybridized carbons (Fsp3) is 0.938. The lowest BCUT2D eigenvalue weighted by molar-refractivity contribution is -0.135. The molecule has 108 valence electrons. The molecular weight excluding hydrogens is 236 g/mol. The van der Waals surface area contributed by atoms with Gasteiger partial charge >= 0.3 is 0 Å². The molecule has 2 heterocycles. The van der Waals surface area contributed by atoms with Gasteiger partial charge < -0.3 is 10.2 Å². The predicted molar refractivity (Wildman–Crippen MR) is 76.9 cm³/mol. The van der Waals surface area contributed by atoms with Crippen molar-refractivity contribution >= 4 is 5.91 Å². The van der Waals surface area contributed by atoms with E-state index in [-0.39, 0.29) is 0 Å². The van der Waals surface area contributed by atoms with E-state index in [1.807, 2.05) is 0 Å². The highest BCUT2D eigenvalue weighted by molar-refractivity contribution is 5.76. The summed E-state index contributed by atoms with van der Waals surface area (Å²) >= 11 is 0. The van der Waals surface area contributed by atoms with E-state index in [4.69, 9.17) is 0 Å². The van der Waals surface area contributed by atoms with E-state index in [2.05, 4.69) is 17.1 Å². The lowest BCUT2D eigenvalue weighted by atomic mass is 9.96. The number of rotatable bonds is 4. The van der Waals surface area contributed by atoms with Crippen LogP contribution in [0, 0.1) is 5.92 Å². The molecule has 1 saturated carbocycles. The van der Waals surface area contributed by atoms with Crippen molar-refractivity contribution in [3.05, 3.63) is 0 Å². The molecule has 3 nitrogen and oxygen atoms in total. The van der Waals surface area contributed by atoms with Gasteiger partial charge in [0.1, 0.15) is 0 Å². The maximum atomic E-state index is 12.6. The van der Waals surface area contributed by atoms with Crippen molar-refractivity contribution in [1.82, 2.24) is 10.2 Å². The van der Waals surface area contributed by atoms with Crippen LogP contribution in [0.25, 0.3) is 0 Å². The second-order valence-electron chi connectivity index (χ2n) is 6.80. The number of hydrogen-bond donors (Lipinski definition) is 1. The monoisotopic (exact) mass is 264 g/mol. The molecule has 3 aliphatic rings. The molecule has 2 unspecified atom stereocenters. The summed E-state index contributed by atoms with van der Waals surface area (Å²) in [5.74, 6) is 1.11. The van der Waals surface area contributed by atoms with Crippen LogP contribution in [0.2, 0.25) is 0 Å². The van der Waals surface area contributed by atoms with Gasteiger partial charge in [-0.05, 0) is 51.4 Å². The maximum Gasteiger partial charge on any atom is 0.223 e. The average Bonchev–Trinajstić information content (AvgIpc) is 3.00. The summed E-state index contributed by atoms with van der Waals surface area (Å²) in [7, 11) is 0. The summed E-state index contributed by atoms with van der Waals surface area (Å²) in [5.41, 5.74) is 0. The SMILES string of the molecule is CCN(C(=O)CC1CCCC1)C1CC2CCC(C1)N2. The van der Waals surface area contributed by atoms with Gasteiger partial charge in [0.15, 0.2) is 0 Å². The molecular formula is C16H28N2O. The molecule has 0 radical (unpaired) electrons. The minimum Gasteiger partial charge on any atom is -0.340 e. The molecule has 19 heavy (non-hydrogen) atoms. The highest BCUT2D eigenvalue weighted by atomic mass is 16.2. The summed E-state index contributed by atoms with van der Waals surface area (Å²) < 4.78 is 0. The van der Waals surface area contributed by atoms with Crippen molar-refractivity contribution in [3.8, 4) is 0 Å². The van der Waals surface area contributed by atoms with E-state index in [0.29, 0.717) is 30.0 Å². The zero-order valence-corrected chi connectivity index (χ0v) is 12.2. The summed E-state index contributed by atoms with van der Waals surface area (Å²) in [4.78, 5) is 14.8. The van der Waals surface area contributed by atoms with E-state index in [9.17, 15) is 4.79 Å². The number of carbonyl (C=O) groups is 1. The molecule has 2 atom stereocenters. The van der Waals surface area contributed by atoms with E-state index in [1.54, 1.807) is 0 Å². The third kappa shape index (κ3) is 2.96. The Kier molecular flexibility index (Phi) is 4.11. The zero-order valence-electron chi connectivity index (χ0n) is 12.2. The van der Waals surface area contributed by atoms with Gasteiger partial charge in [0, 0.05) is 31.1 Å². The first-order chi connectivity index (χ1) is 9.26. The van der Waals surface area contributed by atoms with Crippen LogP contribution in [0.1, 0.15) is 64.7 Å². The fourth-order valence-electron chi connectivity index (χ4n) is 4.50. The van der Waals surface area contributed by atoms with Gasteiger partial charge in [0.2, 0.25) is 5.91 Å².